The number of methoxy groups -OCH3 is 3. The SMILES string of the molecule is CC.CC.COc1ccc(C2C(C(=O)OCCC#N)C(c3ccc(OC(=O)c4ccccc4)c(OC)c3)C2C(=O)OCCC#N)cc1OC.O=Cc1ccccc1. The summed E-state index contributed by atoms with van der Waals surface area (Å²) in [5.41, 5.74) is 2.22. The molecule has 2 unspecified atom stereocenters. The summed E-state index contributed by atoms with van der Waals surface area (Å²) in [5, 5.41) is 18.0. The van der Waals surface area contributed by atoms with Crippen LogP contribution in [0.25, 0.3) is 0 Å². The van der Waals surface area contributed by atoms with Crippen LogP contribution in [-0.2, 0) is 19.1 Å². The molecule has 0 aromatic heterocycles. The van der Waals surface area contributed by atoms with Crippen LogP contribution in [0.15, 0.2) is 97.1 Å². The third kappa shape index (κ3) is 12.7. The van der Waals surface area contributed by atoms with Gasteiger partial charge >= 0.3 is 17.9 Å². The number of rotatable bonds is 14. The minimum Gasteiger partial charge on any atom is -0.493 e. The number of benzene rings is 4. The van der Waals surface area contributed by atoms with Gasteiger partial charge in [0.2, 0.25) is 0 Å². The number of ether oxygens (including phenoxy) is 6. The molecule has 300 valence electrons. The number of hydrogen-bond donors (Lipinski definition) is 0. The van der Waals surface area contributed by atoms with E-state index < -0.39 is 41.6 Å². The van der Waals surface area contributed by atoms with Crippen molar-refractivity contribution in [1.82, 2.24) is 0 Å². The molecule has 0 aliphatic heterocycles. The van der Waals surface area contributed by atoms with Gasteiger partial charge in [-0.2, -0.15) is 10.5 Å². The molecule has 0 spiro atoms. The zero-order chi connectivity index (χ0) is 42.2. The average molecular weight is 779 g/mol. The van der Waals surface area contributed by atoms with Crippen molar-refractivity contribution in [3.63, 3.8) is 0 Å². The molecule has 12 nitrogen and oxygen atoms in total. The molecule has 0 N–H and O–H groups in total. The average Bonchev–Trinajstić information content (AvgIpc) is 3.26. The van der Waals surface area contributed by atoms with E-state index in [0.29, 0.717) is 28.2 Å². The molecule has 0 bridgehead atoms. The lowest BCUT2D eigenvalue weighted by molar-refractivity contribution is -0.167. The van der Waals surface area contributed by atoms with Crippen molar-refractivity contribution in [1.29, 1.82) is 10.5 Å². The van der Waals surface area contributed by atoms with Crippen molar-refractivity contribution in [3.05, 3.63) is 119 Å². The first-order valence-corrected chi connectivity index (χ1v) is 18.6. The molecule has 0 heterocycles. The van der Waals surface area contributed by atoms with Gasteiger partial charge < -0.3 is 28.4 Å². The van der Waals surface area contributed by atoms with E-state index in [2.05, 4.69) is 0 Å². The van der Waals surface area contributed by atoms with E-state index >= 15 is 0 Å². The third-order valence-corrected chi connectivity index (χ3v) is 8.52. The Balaban J connectivity index is 0.000000812. The second kappa shape index (κ2) is 25.4. The van der Waals surface area contributed by atoms with Crippen molar-refractivity contribution in [2.24, 2.45) is 11.8 Å². The normalized spacial score (nSPS) is 15.8. The van der Waals surface area contributed by atoms with Crippen molar-refractivity contribution in [3.8, 4) is 35.1 Å². The highest BCUT2D eigenvalue weighted by molar-refractivity contribution is 5.91. The first-order chi connectivity index (χ1) is 27.8. The maximum Gasteiger partial charge on any atom is 0.343 e. The van der Waals surface area contributed by atoms with E-state index in [0.717, 1.165) is 11.8 Å². The Morgan fingerprint density at radius 1 is 0.596 bits per heavy atom. The molecule has 12 heteroatoms. The van der Waals surface area contributed by atoms with Crippen molar-refractivity contribution in [2.75, 3.05) is 34.5 Å². The van der Waals surface area contributed by atoms with Crippen LogP contribution in [0.5, 0.6) is 23.0 Å². The van der Waals surface area contributed by atoms with E-state index in [1.807, 2.05) is 58.0 Å². The third-order valence-electron chi connectivity index (χ3n) is 8.52. The van der Waals surface area contributed by atoms with Gasteiger partial charge in [-0.3, -0.25) is 14.4 Å². The standard InChI is InChI=1S/C34H32N2O9.C7H6O.2C2H6/c1-40-24-13-11-22(19-26(24)41-2)28-30(33(38)43-17-7-15-35)29(31(28)34(39)44-18-8-16-36)23-12-14-25(27(20-23)42-3)45-32(37)21-9-5-4-6-10-21;8-6-7-4-2-1-3-5-7;2*1-2/h4-6,9-14,19-20,28-31H,7-8,17-18H2,1-3H3;1-6H;2*1-2H3. The zero-order valence-corrected chi connectivity index (χ0v) is 33.4. The minimum atomic E-state index is -0.877. The summed E-state index contributed by atoms with van der Waals surface area (Å²) in [6.45, 7) is 7.76. The summed E-state index contributed by atoms with van der Waals surface area (Å²) in [6, 6.07) is 31.4. The maximum absolute atomic E-state index is 13.6. The fourth-order valence-corrected chi connectivity index (χ4v) is 6.05. The van der Waals surface area contributed by atoms with Gasteiger partial charge in [0.05, 0.1) is 63.7 Å². The zero-order valence-electron chi connectivity index (χ0n) is 33.4. The van der Waals surface area contributed by atoms with E-state index in [-0.39, 0.29) is 37.6 Å². The highest BCUT2D eigenvalue weighted by atomic mass is 16.6. The highest BCUT2D eigenvalue weighted by Crippen LogP contribution is 2.59. The Morgan fingerprint density at radius 2 is 1.02 bits per heavy atom. The largest absolute Gasteiger partial charge is 0.493 e. The highest BCUT2D eigenvalue weighted by Gasteiger charge is 2.60. The van der Waals surface area contributed by atoms with Crippen molar-refractivity contribution in [2.45, 2.75) is 52.4 Å². The predicted octanol–water partition coefficient (Wildman–Crippen LogP) is 8.51. The molecular weight excluding hydrogens is 728 g/mol. The fraction of sp³-hybridized carbons (Fsp3) is 0.333. The van der Waals surface area contributed by atoms with Gasteiger partial charge in [-0.05, 0) is 47.5 Å². The first kappa shape index (κ1) is 46.5. The summed E-state index contributed by atoms with van der Waals surface area (Å²) in [4.78, 5) is 50.0. The molecule has 2 atom stereocenters. The number of aldehydes is 1. The summed E-state index contributed by atoms with van der Waals surface area (Å²) in [5.74, 6) is -3.79. The Kier molecular flexibility index (Phi) is 20.7. The van der Waals surface area contributed by atoms with E-state index in [1.165, 1.54) is 27.4 Å². The number of hydrogen-bond acceptors (Lipinski definition) is 12. The van der Waals surface area contributed by atoms with Gasteiger partial charge in [-0.25, -0.2) is 4.79 Å². The molecule has 0 radical (unpaired) electrons. The van der Waals surface area contributed by atoms with Crippen LogP contribution in [0.4, 0.5) is 0 Å². The van der Waals surface area contributed by atoms with Gasteiger partial charge in [0.1, 0.15) is 19.5 Å². The van der Waals surface area contributed by atoms with Crippen LogP contribution < -0.4 is 18.9 Å². The molecule has 1 saturated carbocycles. The van der Waals surface area contributed by atoms with Crippen LogP contribution in [0.1, 0.15) is 84.2 Å². The van der Waals surface area contributed by atoms with Gasteiger partial charge in [0.15, 0.2) is 23.0 Å². The molecule has 57 heavy (non-hydrogen) atoms. The monoisotopic (exact) mass is 778 g/mol. The molecule has 0 saturated heterocycles. The lowest BCUT2D eigenvalue weighted by Crippen LogP contribution is -2.52. The summed E-state index contributed by atoms with van der Waals surface area (Å²) in [7, 11) is 4.38. The maximum atomic E-state index is 13.6. The second-order valence-electron chi connectivity index (χ2n) is 11.6. The summed E-state index contributed by atoms with van der Waals surface area (Å²) < 4.78 is 33.0. The van der Waals surface area contributed by atoms with Crippen molar-refractivity contribution >= 4 is 24.2 Å². The quantitative estimate of drug-likeness (QED) is 0.0518. The Hall–Kier alpha value is -6.66. The smallest absolute Gasteiger partial charge is 0.343 e. The van der Waals surface area contributed by atoms with Crippen LogP contribution >= 0.6 is 0 Å². The summed E-state index contributed by atoms with van der Waals surface area (Å²) in [6.07, 6.45) is 0.832. The van der Waals surface area contributed by atoms with Crippen LogP contribution in [0.2, 0.25) is 0 Å². The Bertz CT molecular complexity index is 1910. The topological polar surface area (TPSA) is 171 Å². The van der Waals surface area contributed by atoms with Crippen LogP contribution in [-0.4, -0.2) is 58.7 Å². The van der Waals surface area contributed by atoms with Crippen LogP contribution in [0.3, 0.4) is 0 Å². The Morgan fingerprint density at radius 3 is 1.42 bits per heavy atom. The molecule has 0 amide bonds. The lowest BCUT2D eigenvalue weighted by Gasteiger charge is -2.49. The van der Waals surface area contributed by atoms with Gasteiger partial charge in [-0.15, -0.1) is 0 Å². The lowest BCUT2D eigenvalue weighted by atomic mass is 9.52. The predicted molar refractivity (Wildman–Crippen MR) is 213 cm³/mol. The van der Waals surface area contributed by atoms with Gasteiger partial charge in [-0.1, -0.05) is 88.4 Å². The fourth-order valence-electron chi connectivity index (χ4n) is 6.05. The number of carbonyl (C=O) groups is 4. The molecule has 5 rings (SSSR count). The summed E-state index contributed by atoms with van der Waals surface area (Å²) >= 11 is 0. The molecule has 1 fully saturated rings. The molecule has 4 aromatic carbocycles. The van der Waals surface area contributed by atoms with Crippen LogP contribution in [0, 0.1) is 34.5 Å². The second-order valence-corrected chi connectivity index (χ2v) is 11.6. The number of esters is 3. The number of nitriles is 2. The molecular formula is C45H50N2O10. The van der Waals surface area contributed by atoms with Crippen molar-refractivity contribution < 1.29 is 47.6 Å². The van der Waals surface area contributed by atoms with E-state index in [9.17, 15) is 19.2 Å². The Labute approximate surface area is 334 Å². The number of carbonyl (C=O) groups excluding carboxylic acids is 4. The molecule has 4 aromatic rings. The van der Waals surface area contributed by atoms with Gasteiger partial charge in [0.25, 0.3) is 0 Å². The van der Waals surface area contributed by atoms with Gasteiger partial charge in [0, 0.05) is 17.4 Å². The van der Waals surface area contributed by atoms with E-state index in [4.69, 9.17) is 38.9 Å². The minimum absolute atomic E-state index is 0.000909. The van der Waals surface area contributed by atoms with E-state index in [1.54, 1.807) is 72.8 Å². The molecule has 1 aliphatic rings. The number of nitrogens with zero attached hydrogens (tertiary/aromatic N) is 2. The molecule has 1 aliphatic carbocycles. The first-order valence-electron chi connectivity index (χ1n) is 18.6.